The van der Waals surface area contributed by atoms with Crippen LogP contribution in [0.25, 0.3) is 0 Å². The maximum atomic E-state index is 12.0. The standard InChI is InChI=1S/C16H18N2O4/c1-4-14(19)12-5-7-13(8-6-12)21-11(3)16(20)17-15-9-10(2)22-18-15/h5-9,11H,4H2,1-3H3,(H,17,18,20). The second kappa shape index (κ2) is 6.89. The van der Waals surface area contributed by atoms with Crippen LogP contribution in [0.2, 0.25) is 0 Å². The zero-order chi connectivity index (χ0) is 16.1. The second-order valence-corrected chi connectivity index (χ2v) is 4.87. The summed E-state index contributed by atoms with van der Waals surface area (Å²) >= 11 is 0. The predicted molar refractivity (Wildman–Crippen MR) is 81.0 cm³/mol. The van der Waals surface area contributed by atoms with Gasteiger partial charge in [-0.25, -0.2) is 0 Å². The van der Waals surface area contributed by atoms with E-state index in [0.29, 0.717) is 29.3 Å². The number of Topliss-reactive ketones (excluding diaryl/α,β-unsaturated/α-hetero) is 1. The lowest BCUT2D eigenvalue weighted by molar-refractivity contribution is -0.122. The van der Waals surface area contributed by atoms with Crippen molar-refractivity contribution in [2.75, 3.05) is 5.32 Å². The minimum Gasteiger partial charge on any atom is -0.481 e. The second-order valence-electron chi connectivity index (χ2n) is 4.87. The maximum Gasteiger partial charge on any atom is 0.266 e. The van der Waals surface area contributed by atoms with Crippen molar-refractivity contribution in [1.29, 1.82) is 0 Å². The number of carbonyl (C=O) groups is 2. The molecule has 0 radical (unpaired) electrons. The predicted octanol–water partition coefficient (Wildman–Crippen LogP) is 2.98. The lowest BCUT2D eigenvalue weighted by Crippen LogP contribution is -2.30. The van der Waals surface area contributed by atoms with Crippen LogP contribution in [0.4, 0.5) is 5.82 Å². The van der Waals surface area contributed by atoms with E-state index in [1.165, 1.54) is 0 Å². The molecule has 1 unspecified atom stereocenters. The van der Waals surface area contributed by atoms with Crippen LogP contribution >= 0.6 is 0 Å². The van der Waals surface area contributed by atoms with E-state index in [0.717, 1.165) is 0 Å². The smallest absolute Gasteiger partial charge is 0.266 e. The zero-order valence-electron chi connectivity index (χ0n) is 12.8. The molecule has 0 aliphatic heterocycles. The fourth-order valence-electron chi connectivity index (χ4n) is 1.83. The van der Waals surface area contributed by atoms with Gasteiger partial charge in [0.2, 0.25) is 0 Å². The van der Waals surface area contributed by atoms with Gasteiger partial charge in [0.05, 0.1) is 0 Å². The summed E-state index contributed by atoms with van der Waals surface area (Å²) in [4.78, 5) is 23.5. The van der Waals surface area contributed by atoms with Crippen LogP contribution in [0.15, 0.2) is 34.9 Å². The molecular weight excluding hydrogens is 284 g/mol. The topological polar surface area (TPSA) is 81.4 Å². The first-order valence-corrected chi connectivity index (χ1v) is 7.03. The summed E-state index contributed by atoms with van der Waals surface area (Å²) < 4.78 is 10.4. The summed E-state index contributed by atoms with van der Waals surface area (Å²) in [6.45, 7) is 5.18. The molecule has 0 aliphatic rings. The van der Waals surface area contributed by atoms with E-state index >= 15 is 0 Å². The van der Waals surface area contributed by atoms with E-state index in [9.17, 15) is 9.59 Å². The van der Waals surface area contributed by atoms with Crippen molar-refractivity contribution in [2.45, 2.75) is 33.3 Å². The van der Waals surface area contributed by atoms with Crippen LogP contribution in [0, 0.1) is 6.92 Å². The first kappa shape index (κ1) is 15.8. The van der Waals surface area contributed by atoms with Gasteiger partial charge in [0.1, 0.15) is 11.5 Å². The molecule has 1 aromatic carbocycles. The number of ether oxygens (including phenoxy) is 1. The van der Waals surface area contributed by atoms with Gasteiger partial charge < -0.3 is 14.6 Å². The van der Waals surface area contributed by atoms with Crippen LogP contribution < -0.4 is 10.1 Å². The van der Waals surface area contributed by atoms with Crippen molar-refractivity contribution in [3.8, 4) is 5.75 Å². The fourth-order valence-corrected chi connectivity index (χ4v) is 1.83. The molecule has 1 amide bonds. The van der Waals surface area contributed by atoms with Crippen molar-refractivity contribution in [3.63, 3.8) is 0 Å². The van der Waals surface area contributed by atoms with E-state index in [4.69, 9.17) is 9.26 Å². The Morgan fingerprint density at radius 1 is 1.32 bits per heavy atom. The fraction of sp³-hybridized carbons (Fsp3) is 0.312. The highest BCUT2D eigenvalue weighted by atomic mass is 16.5. The van der Waals surface area contributed by atoms with E-state index in [1.54, 1.807) is 44.2 Å². The maximum absolute atomic E-state index is 12.0. The molecule has 0 fully saturated rings. The van der Waals surface area contributed by atoms with E-state index in [2.05, 4.69) is 10.5 Å². The van der Waals surface area contributed by atoms with Crippen LogP contribution in [-0.2, 0) is 4.79 Å². The average Bonchev–Trinajstić information content (AvgIpc) is 2.92. The Balaban J connectivity index is 1.94. The van der Waals surface area contributed by atoms with Gasteiger partial charge in [-0.2, -0.15) is 0 Å². The Morgan fingerprint density at radius 2 is 2.00 bits per heavy atom. The molecule has 22 heavy (non-hydrogen) atoms. The number of benzene rings is 1. The summed E-state index contributed by atoms with van der Waals surface area (Å²) in [5.41, 5.74) is 0.630. The minimum atomic E-state index is -0.704. The lowest BCUT2D eigenvalue weighted by atomic mass is 10.1. The number of rotatable bonds is 6. The number of aromatic nitrogens is 1. The number of ketones is 1. The summed E-state index contributed by atoms with van der Waals surface area (Å²) in [5.74, 6) is 1.22. The van der Waals surface area contributed by atoms with Crippen molar-refractivity contribution < 1.29 is 18.8 Å². The molecule has 0 saturated heterocycles. The van der Waals surface area contributed by atoms with Gasteiger partial charge in [0, 0.05) is 18.1 Å². The van der Waals surface area contributed by atoms with E-state index in [1.807, 2.05) is 6.92 Å². The highest BCUT2D eigenvalue weighted by molar-refractivity contribution is 5.96. The van der Waals surface area contributed by atoms with Gasteiger partial charge in [-0.15, -0.1) is 0 Å². The third-order valence-electron chi connectivity index (χ3n) is 3.06. The molecule has 1 atom stereocenters. The number of nitrogens with zero attached hydrogens (tertiary/aromatic N) is 1. The zero-order valence-corrected chi connectivity index (χ0v) is 12.8. The van der Waals surface area contributed by atoms with Crippen molar-refractivity contribution in [1.82, 2.24) is 5.16 Å². The molecule has 2 rings (SSSR count). The first-order valence-electron chi connectivity index (χ1n) is 7.03. The Kier molecular flexibility index (Phi) is 4.93. The van der Waals surface area contributed by atoms with Gasteiger partial charge in [-0.05, 0) is 38.1 Å². The third-order valence-corrected chi connectivity index (χ3v) is 3.06. The van der Waals surface area contributed by atoms with Gasteiger partial charge in [0.25, 0.3) is 5.91 Å². The van der Waals surface area contributed by atoms with Crippen LogP contribution in [0.3, 0.4) is 0 Å². The Hall–Kier alpha value is -2.63. The van der Waals surface area contributed by atoms with Gasteiger partial charge >= 0.3 is 0 Å². The molecule has 6 nitrogen and oxygen atoms in total. The number of anilines is 1. The Bertz CT molecular complexity index is 661. The number of nitrogens with one attached hydrogen (secondary N) is 1. The molecule has 2 aromatic rings. The molecular formula is C16H18N2O4. The summed E-state index contributed by atoms with van der Waals surface area (Å²) in [6.07, 6.45) is -0.249. The number of amides is 1. The van der Waals surface area contributed by atoms with Gasteiger partial charge in [0.15, 0.2) is 17.7 Å². The normalized spacial score (nSPS) is 11.8. The van der Waals surface area contributed by atoms with Crippen molar-refractivity contribution >= 4 is 17.5 Å². The lowest BCUT2D eigenvalue weighted by Gasteiger charge is -2.13. The average molecular weight is 302 g/mol. The molecule has 6 heteroatoms. The molecule has 0 aliphatic carbocycles. The first-order chi connectivity index (χ1) is 10.5. The van der Waals surface area contributed by atoms with Gasteiger partial charge in [-0.3, -0.25) is 9.59 Å². The largest absolute Gasteiger partial charge is 0.481 e. The van der Waals surface area contributed by atoms with E-state index < -0.39 is 6.10 Å². The Labute approximate surface area is 128 Å². The monoisotopic (exact) mass is 302 g/mol. The summed E-state index contributed by atoms with van der Waals surface area (Å²) in [6, 6.07) is 8.34. The summed E-state index contributed by atoms with van der Waals surface area (Å²) in [5, 5.41) is 6.28. The number of hydrogen-bond donors (Lipinski definition) is 1. The molecule has 1 aromatic heterocycles. The molecule has 0 saturated carbocycles. The SMILES string of the molecule is CCC(=O)c1ccc(OC(C)C(=O)Nc2cc(C)on2)cc1. The third kappa shape index (κ3) is 3.94. The molecule has 0 bridgehead atoms. The molecule has 0 spiro atoms. The van der Waals surface area contributed by atoms with Crippen LogP contribution in [-0.4, -0.2) is 23.0 Å². The molecule has 116 valence electrons. The highest BCUT2D eigenvalue weighted by Gasteiger charge is 2.16. The van der Waals surface area contributed by atoms with Crippen LogP contribution in [0.5, 0.6) is 5.75 Å². The number of carbonyl (C=O) groups excluding carboxylic acids is 2. The van der Waals surface area contributed by atoms with Crippen molar-refractivity contribution in [2.24, 2.45) is 0 Å². The van der Waals surface area contributed by atoms with Crippen molar-refractivity contribution in [3.05, 3.63) is 41.7 Å². The Morgan fingerprint density at radius 3 is 2.55 bits per heavy atom. The summed E-state index contributed by atoms with van der Waals surface area (Å²) in [7, 11) is 0. The quantitative estimate of drug-likeness (QED) is 0.830. The van der Waals surface area contributed by atoms with Gasteiger partial charge in [-0.1, -0.05) is 12.1 Å². The molecule has 1 N–H and O–H groups in total. The number of aryl methyl sites for hydroxylation is 1. The number of hydrogen-bond acceptors (Lipinski definition) is 5. The minimum absolute atomic E-state index is 0.0683. The molecule has 1 heterocycles. The van der Waals surface area contributed by atoms with Crippen LogP contribution in [0.1, 0.15) is 36.4 Å². The highest BCUT2D eigenvalue weighted by Crippen LogP contribution is 2.16. The van der Waals surface area contributed by atoms with E-state index in [-0.39, 0.29) is 11.7 Å².